The summed E-state index contributed by atoms with van der Waals surface area (Å²) >= 11 is 4.86. The zero-order valence-corrected chi connectivity index (χ0v) is 24.9. The van der Waals surface area contributed by atoms with Gasteiger partial charge in [-0.05, 0) is 67.3 Å². The monoisotopic (exact) mass is 632 g/mol. The van der Waals surface area contributed by atoms with E-state index in [1.54, 1.807) is 24.3 Å². The summed E-state index contributed by atoms with van der Waals surface area (Å²) in [6, 6.07) is 16.7. The average molecular weight is 634 g/mol. The number of hydrogen-bond acceptors (Lipinski definition) is 7. The molecule has 1 saturated carbocycles. The molecule has 0 aromatic heterocycles. The average Bonchev–Trinajstić information content (AvgIpc) is 2.95. The van der Waals surface area contributed by atoms with Gasteiger partial charge in [-0.15, -0.1) is 11.8 Å². The van der Waals surface area contributed by atoms with Crippen LogP contribution in [-0.2, 0) is 19.4 Å². The van der Waals surface area contributed by atoms with E-state index in [0.717, 1.165) is 41.0 Å². The third kappa shape index (κ3) is 7.99. The van der Waals surface area contributed by atoms with Gasteiger partial charge in [-0.25, -0.2) is 8.42 Å². The maximum Gasteiger partial charge on any atom is 0.233 e. The topological polar surface area (TPSA) is 111 Å². The van der Waals surface area contributed by atoms with Gasteiger partial charge in [0.1, 0.15) is 6.54 Å². The molecule has 1 saturated heterocycles. The van der Waals surface area contributed by atoms with Crippen molar-refractivity contribution in [3.05, 3.63) is 53.0 Å². The standard InChI is InChI=1S/C28H33BrN4O4S2/c29-22-5-7-23(8-6-22)32-15-17-33(18-16-32)27(34)19-38-24-9-11-25(12-10-24)39(36,37)20-21-3-1-2-4-26(21)28(35)31-14-13-30/h5-12,21,26H,1-4,14-20H2,(H,31,35). The molecule has 2 aromatic carbocycles. The van der Waals surface area contributed by atoms with Crippen LogP contribution in [0.2, 0.25) is 0 Å². The van der Waals surface area contributed by atoms with Crippen LogP contribution in [0.15, 0.2) is 62.8 Å². The maximum atomic E-state index is 13.2. The second kappa shape index (κ2) is 13.7. The summed E-state index contributed by atoms with van der Waals surface area (Å²) in [7, 11) is -3.58. The summed E-state index contributed by atoms with van der Waals surface area (Å²) in [6.45, 7) is 2.84. The Bertz CT molecular complexity index is 1290. The largest absolute Gasteiger partial charge is 0.368 e. The van der Waals surface area contributed by atoms with Gasteiger partial charge >= 0.3 is 0 Å². The van der Waals surface area contributed by atoms with Crippen LogP contribution < -0.4 is 10.2 Å². The molecule has 208 valence electrons. The molecule has 0 spiro atoms. The number of halogens is 1. The van der Waals surface area contributed by atoms with E-state index in [0.29, 0.717) is 31.7 Å². The summed E-state index contributed by atoms with van der Waals surface area (Å²) in [5.74, 6) is -0.605. The van der Waals surface area contributed by atoms with Crippen molar-refractivity contribution in [2.45, 2.75) is 35.5 Å². The van der Waals surface area contributed by atoms with E-state index in [4.69, 9.17) is 5.26 Å². The van der Waals surface area contributed by atoms with Crippen molar-refractivity contribution in [3.63, 3.8) is 0 Å². The number of thioether (sulfide) groups is 1. The van der Waals surface area contributed by atoms with Gasteiger partial charge in [-0.3, -0.25) is 9.59 Å². The summed E-state index contributed by atoms with van der Waals surface area (Å²) in [5, 5.41) is 11.3. The van der Waals surface area contributed by atoms with E-state index in [9.17, 15) is 18.0 Å². The minimum Gasteiger partial charge on any atom is -0.368 e. The number of sulfone groups is 1. The first-order chi connectivity index (χ1) is 18.8. The SMILES string of the molecule is N#CCNC(=O)C1CCCCC1CS(=O)(=O)c1ccc(SCC(=O)N2CCN(c3ccc(Br)cc3)CC2)cc1. The Morgan fingerprint density at radius 2 is 1.67 bits per heavy atom. The lowest BCUT2D eigenvalue weighted by Gasteiger charge is -2.36. The molecule has 8 nitrogen and oxygen atoms in total. The summed E-state index contributed by atoms with van der Waals surface area (Å²) < 4.78 is 27.3. The predicted octanol–water partition coefficient (Wildman–Crippen LogP) is 4.11. The molecule has 0 bridgehead atoms. The number of nitrogens with zero attached hydrogens (tertiary/aromatic N) is 3. The highest BCUT2D eigenvalue weighted by Gasteiger charge is 2.34. The number of anilines is 1. The van der Waals surface area contributed by atoms with Crippen molar-refractivity contribution < 1.29 is 18.0 Å². The second-order valence-corrected chi connectivity index (χ2v) is 13.9. The van der Waals surface area contributed by atoms with Gasteiger partial charge in [0.15, 0.2) is 9.84 Å². The number of rotatable bonds is 9. The van der Waals surface area contributed by atoms with Crippen LogP contribution in [0, 0.1) is 23.2 Å². The number of amides is 2. The number of carbonyl (C=O) groups excluding carboxylic acids is 2. The molecule has 2 atom stereocenters. The van der Waals surface area contributed by atoms with Gasteiger partial charge < -0.3 is 15.1 Å². The molecule has 4 rings (SSSR count). The molecule has 2 aromatic rings. The number of carbonyl (C=O) groups is 2. The van der Waals surface area contributed by atoms with E-state index in [1.807, 2.05) is 23.1 Å². The zero-order valence-electron chi connectivity index (χ0n) is 21.7. The Morgan fingerprint density at radius 3 is 2.33 bits per heavy atom. The molecule has 2 amide bonds. The molecule has 11 heteroatoms. The number of piperazine rings is 1. The Morgan fingerprint density at radius 1 is 1.00 bits per heavy atom. The maximum absolute atomic E-state index is 13.2. The highest BCUT2D eigenvalue weighted by atomic mass is 79.9. The highest BCUT2D eigenvalue weighted by Crippen LogP contribution is 2.33. The minimum absolute atomic E-state index is 0.0708. The van der Waals surface area contributed by atoms with Gasteiger partial charge in [0.25, 0.3) is 0 Å². The lowest BCUT2D eigenvalue weighted by molar-refractivity contribution is -0.129. The van der Waals surface area contributed by atoms with Crippen LogP contribution >= 0.6 is 27.7 Å². The fourth-order valence-corrected chi connectivity index (χ4v) is 8.01. The van der Waals surface area contributed by atoms with E-state index in [1.165, 1.54) is 11.8 Å². The molecular weight excluding hydrogens is 600 g/mol. The molecular formula is C28H33BrN4O4S2. The first-order valence-electron chi connectivity index (χ1n) is 13.2. The third-order valence-electron chi connectivity index (χ3n) is 7.39. The van der Waals surface area contributed by atoms with Crippen molar-refractivity contribution in [2.24, 2.45) is 11.8 Å². The smallest absolute Gasteiger partial charge is 0.233 e. The van der Waals surface area contributed by atoms with Gasteiger partial charge in [-0.1, -0.05) is 28.8 Å². The van der Waals surface area contributed by atoms with E-state index >= 15 is 0 Å². The fraction of sp³-hybridized carbons (Fsp3) is 0.464. The zero-order chi connectivity index (χ0) is 27.8. The Hall–Kier alpha value is -2.55. The molecule has 1 heterocycles. The number of nitriles is 1. The van der Waals surface area contributed by atoms with E-state index < -0.39 is 9.84 Å². The van der Waals surface area contributed by atoms with Gasteiger partial charge in [0, 0.05) is 47.2 Å². The van der Waals surface area contributed by atoms with Gasteiger partial charge in [0.2, 0.25) is 11.8 Å². The Kier molecular flexibility index (Phi) is 10.3. The van der Waals surface area contributed by atoms with E-state index in [-0.39, 0.29) is 40.8 Å². The summed E-state index contributed by atoms with van der Waals surface area (Å²) in [6.07, 6.45) is 3.09. The lowest BCUT2D eigenvalue weighted by Crippen LogP contribution is -2.49. The number of benzene rings is 2. The third-order valence-corrected chi connectivity index (χ3v) is 10.8. The summed E-state index contributed by atoms with van der Waals surface area (Å²) in [4.78, 5) is 30.5. The molecule has 1 aliphatic carbocycles. The molecule has 2 aliphatic rings. The number of hydrogen-bond donors (Lipinski definition) is 1. The molecule has 1 N–H and O–H groups in total. The second-order valence-electron chi connectivity index (χ2n) is 9.91. The lowest BCUT2D eigenvalue weighted by atomic mass is 9.80. The van der Waals surface area contributed by atoms with Crippen molar-refractivity contribution in [1.29, 1.82) is 5.26 Å². The predicted molar refractivity (Wildman–Crippen MR) is 156 cm³/mol. The Labute approximate surface area is 243 Å². The first-order valence-corrected chi connectivity index (χ1v) is 16.6. The normalized spacial score (nSPS) is 19.8. The quantitative estimate of drug-likeness (QED) is 0.327. The summed E-state index contributed by atoms with van der Waals surface area (Å²) in [5.41, 5.74) is 1.15. The highest BCUT2D eigenvalue weighted by molar-refractivity contribution is 9.10. The van der Waals surface area contributed by atoms with Crippen molar-refractivity contribution in [3.8, 4) is 6.07 Å². The van der Waals surface area contributed by atoms with Crippen molar-refractivity contribution in [2.75, 3.05) is 49.1 Å². The molecule has 0 radical (unpaired) electrons. The van der Waals surface area contributed by atoms with Gasteiger partial charge in [0.05, 0.1) is 22.5 Å². The van der Waals surface area contributed by atoms with Gasteiger partial charge in [-0.2, -0.15) is 5.26 Å². The first kappa shape index (κ1) is 29.4. The van der Waals surface area contributed by atoms with Crippen LogP contribution in [0.1, 0.15) is 25.7 Å². The van der Waals surface area contributed by atoms with Crippen LogP contribution in [0.4, 0.5) is 5.69 Å². The van der Waals surface area contributed by atoms with Crippen LogP contribution in [0.25, 0.3) is 0 Å². The molecule has 1 aliphatic heterocycles. The minimum atomic E-state index is -3.58. The Balaban J connectivity index is 1.27. The van der Waals surface area contributed by atoms with Crippen molar-refractivity contribution >= 4 is 55.0 Å². The van der Waals surface area contributed by atoms with Crippen LogP contribution in [0.5, 0.6) is 0 Å². The van der Waals surface area contributed by atoms with E-state index in [2.05, 4.69) is 38.3 Å². The number of nitrogens with one attached hydrogen (secondary N) is 1. The molecule has 2 fully saturated rings. The van der Waals surface area contributed by atoms with Crippen LogP contribution in [-0.4, -0.2) is 69.4 Å². The fourth-order valence-electron chi connectivity index (χ4n) is 5.23. The molecule has 2 unspecified atom stereocenters. The van der Waals surface area contributed by atoms with Crippen molar-refractivity contribution in [1.82, 2.24) is 10.2 Å². The van der Waals surface area contributed by atoms with Crippen LogP contribution in [0.3, 0.4) is 0 Å². The molecule has 39 heavy (non-hydrogen) atoms.